The van der Waals surface area contributed by atoms with Crippen molar-refractivity contribution in [3.8, 4) is 5.75 Å². The molecule has 0 aliphatic carbocycles. The molecule has 0 saturated carbocycles. The second kappa shape index (κ2) is 4.22. The molecule has 1 aromatic rings. The van der Waals surface area contributed by atoms with Gasteiger partial charge in [0.25, 0.3) is 0 Å². The van der Waals surface area contributed by atoms with E-state index in [0.717, 1.165) is 17.2 Å². The molecule has 14 heavy (non-hydrogen) atoms. The Labute approximate surface area is 91.0 Å². The summed E-state index contributed by atoms with van der Waals surface area (Å²) in [6, 6.07) is 5.87. The van der Waals surface area contributed by atoms with E-state index >= 15 is 0 Å². The molecule has 0 atom stereocenters. The molecule has 0 unspecified atom stereocenters. The van der Waals surface area contributed by atoms with Crippen molar-refractivity contribution in [1.82, 2.24) is 0 Å². The first kappa shape index (κ1) is 11.4. The molecular weight excluding hydrogens is 196 g/mol. The van der Waals surface area contributed by atoms with E-state index in [0.29, 0.717) is 0 Å². The smallest absolute Gasteiger partial charge is 0.120 e. The van der Waals surface area contributed by atoms with Gasteiger partial charge < -0.3 is 4.74 Å². The molecule has 0 N–H and O–H groups in total. The Morgan fingerprint density at radius 3 is 2.43 bits per heavy atom. The Hall–Kier alpha value is -0.690. The number of benzene rings is 1. The average Bonchev–Trinajstić information content (AvgIpc) is 2.17. The maximum absolute atomic E-state index is 6.19. The van der Waals surface area contributed by atoms with Gasteiger partial charge in [-0.1, -0.05) is 38.4 Å². The fourth-order valence-electron chi connectivity index (χ4n) is 1.36. The molecule has 0 spiro atoms. The summed E-state index contributed by atoms with van der Waals surface area (Å²) >= 11 is 6.19. The average molecular weight is 213 g/mol. The maximum Gasteiger partial charge on any atom is 0.120 e. The van der Waals surface area contributed by atoms with Crippen LogP contribution in [0.25, 0.3) is 0 Å². The number of rotatable bonds is 3. The highest BCUT2D eigenvalue weighted by atomic mass is 35.5. The van der Waals surface area contributed by atoms with Gasteiger partial charge in [-0.25, -0.2) is 0 Å². The Morgan fingerprint density at radius 1 is 1.36 bits per heavy atom. The minimum atomic E-state index is 0.128. The normalized spacial score (nSPS) is 11.5. The Bertz CT molecular complexity index is 318. The Balaban J connectivity index is 3.12. The maximum atomic E-state index is 6.19. The monoisotopic (exact) mass is 212 g/mol. The molecule has 1 rings (SSSR count). The summed E-state index contributed by atoms with van der Waals surface area (Å²) in [6.45, 7) is 6.56. The van der Waals surface area contributed by atoms with E-state index in [2.05, 4.69) is 20.8 Å². The number of hydrogen-bond donors (Lipinski definition) is 0. The van der Waals surface area contributed by atoms with E-state index < -0.39 is 0 Å². The molecule has 0 aliphatic rings. The molecule has 0 heterocycles. The van der Waals surface area contributed by atoms with Crippen LogP contribution in [-0.2, 0) is 5.41 Å². The second-order valence-electron chi connectivity index (χ2n) is 4.08. The van der Waals surface area contributed by atoms with Gasteiger partial charge in [0.2, 0.25) is 0 Å². The highest BCUT2D eigenvalue weighted by molar-refractivity contribution is 6.31. The summed E-state index contributed by atoms with van der Waals surface area (Å²) in [5, 5.41) is 0.788. The predicted octanol–water partition coefficient (Wildman–Crippen LogP) is 4.04. The van der Waals surface area contributed by atoms with Crippen LogP contribution >= 0.6 is 11.6 Å². The topological polar surface area (TPSA) is 9.23 Å². The molecule has 0 aliphatic heterocycles. The van der Waals surface area contributed by atoms with E-state index in [1.54, 1.807) is 7.11 Å². The third-order valence-corrected chi connectivity index (χ3v) is 3.10. The van der Waals surface area contributed by atoms with E-state index in [4.69, 9.17) is 16.3 Å². The van der Waals surface area contributed by atoms with E-state index in [9.17, 15) is 0 Å². The lowest BCUT2D eigenvalue weighted by molar-refractivity contribution is 0.414. The number of ether oxygens (including phenoxy) is 1. The van der Waals surface area contributed by atoms with Gasteiger partial charge in [-0.2, -0.15) is 0 Å². The van der Waals surface area contributed by atoms with E-state index in [1.807, 2.05) is 18.2 Å². The minimum Gasteiger partial charge on any atom is -0.497 e. The van der Waals surface area contributed by atoms with Gasteiger partial charge in [-0.15, -0.1) is 0 Å². The zero-order chi connectivity index (χ0) is 10.8. The summed E-state index contributed by atoms with van der Waals surface area (Å²) in [5.41, 5.74) is 1.31. The van der Waals surface area contributed by atoms with Crippen molar-refractivity contribution in [2.75, 3.05) is 7.11 Å². The van der Waals surface area contributed by atoms with Crippen LogP contribution < -0.4 is 4.74 Å². The zero-order valence-corrected chi connectivity index (χ0v) is 9.98. The molecule has 0 aromatic heterocycles. The lowest BCUT2D eigenvalue weighted by Gasteiger charge is -2.24. The number of hydrogen-bond acceptors (Lipinski definition) is 1. The van der Waals surface area contributed by atoms with Crippen molar-refractivity contribution in [1.29, 1.82) is 0 Å². The molecule has 0 saturated heterocycles. The van der Waals surface area contributed by atoms with Gasteiger partial charge in [0.05, 0.1) is 7.11 Å². The third kappa shape index (κ3) is 2.21. The minimum absolute atomic E-state index is 0.128. The molecular formula is C12H17ClO. The lowest BCUT2D eigenvalue weighted by Crippen LogP contribution is -2.15. The Kier molecular flexibility index (Phi) is 3.43. The summed E-state index contributed by atoms with van der Waals surface area (Å²) in [4.78, 5) is 0. The molecule has 78 valence electrons. The first-order valence-electron chi connectivity index (χ1n) is 4.85. The fourth-order valence-corrected chi connectivity index (χ4v) is 1.79. The van der Waals surface area contributed by atoms with Crippen LogP contribution in [0.1, 0.15) is 32.8 Å². The SMILES string of the molecule is CCC(C)(C)c1ccc(OC)cc1Cl. The molecule has 2 heteroatoms. The molecule has 0 radical (unpaired) electrons. The van der Waals surface area contributed by atoms with Crippen molar-refractivity contribution in [2.45, 2.75) is 32.6 Å². The molecule has 1 aromatic carbocycles. The molecule has 0 bridgehead atoms. The largest absolute Gasteiger partial charge is 0.497 e. The van der Waals surface area contributed by atoms with Crippen LogP contribution in [0, 0.1) is 0 Å². The standard InChI is InChI=1S/C12H17ClO/c1-5-12(2,3)10-7-6-9(14-4)8-11(10)13/h6-8H,5H2,1-4H3. The number of methoxy groups -OCH3 is 1. The van der Waals surface area contributed by atoms with Crippen LogP contribution in [0.4, 0.5) is 0 Å². The zero-order valence-electron chi connectivity index (χ0n) is 9.23. The van der Waals surface area contributed by atoms with Gasteiger partial charge >= 0.3 is 0 Å². The lowest BCUT2D eigenvalue weighted by atomic mass is 9.82. The summed E-state index contributed by atoms with van der Waals surface area (Å²) < 4.78 is 5.11. The van der Waals surface area contributed by atoms with Gasteiger partial charge in [0.1, 0.15) is 5.75 Å². The van der Waals surface area contributed by atoms with Gasteiger partial charge in [0, 0.05) is 5.02 Å². The van der Waals surface area contributed by atoms with Crippen LogP contribution in [-0.4, -0.2) is 7.11 Å². The van der Waals surface area contributed by atoms with Gasteiger partial charge in [0.15, 0.2) is 0 Å². The summed E-state index contributed by atoms with van der Waals surface area (Å²) in [5.74, 6) is 0.811. The van der Waals surface area contributed by atoms with Crippen molar-refractivity contribution < 1.29 is 4.74 Å². The van der Waals surface area contributed by atoms with Crippen molar-refractivity contribution in [3.05, 3.63) is 28.8 Å². The van der Waals surface area contributed by atoms with E-state index in [1.165, 1.54) is 5.56 Å². The first-order valence-corrected chi connectivity index (χ1v) is 5.23. The fraction of sp³-hybridized carbons (Fsp3) is 0.500. The summed E-state index contributed by atoms with van der Waals surface area (Å²) in [6.07, 6.45) is 1.07. The highest BCUT2D eigenvalue weighted by Crippen LogP contribution is 2.34. The number of halogens is 1. The summed E-state index contributed by atoms with van der Waals surface area (Å²) in [7, 11) is 1.65. The second-order valence-corrected chi connectivity index (χ2v) is 4.49. The predicted molar refractivity (Wildman–Crippen MR) is 61.3 cm³/mol. The van der Waals surface area contributed by atoms with Crippen LogP contribution in [0.15, 0.2) is 18.2 Å². The van der Waals surface area contributed by atoms with Crippen molar-refractivity contribution >= 4 is 11.6 Å². The van der Waals surface area contributed by atoms with Crippen LogP contribution in [0.3, 0.4) is 0 Å². The van der Waals surface area contributed by atoms with Crippen molar-refractivity contribution in [3.63, 3.8) is 0 Å². The van der Waals surface area contributed by atoms with Gasteiger partial charge in [-0.05, 0) is 29.5 Å². The van der Waals surface area contributed by atoms with Gasteiger partial charge in [-0.3, -0.25) is 0 Å². The third-order valence-electron chi connectivity index (χ3n) is 2.79. The highest BCUT2D eigenvalue weighted by Gasteiger charge is 2.20. The Morgan fingerprint density at radius 2 is 2.00 bits per heavy atom. The van der Waals surface area contributed by atoms with E-state index in [-0.39, 0.29) is 5.41 Å². The molecule has 0 amide bonds. The van der Waals surface area contributed by atoms with Crippen molar-refractivity contribution in [2.24, 2.45) is 0 Å². The van der Waals surface area contributed by atoms with Crippen LogP contribution in [0.2, 0.25) is 5.02 Å². The first-order chi connectivity index (χ1) is 6.51. The molecule has 1 nitrogen and oxygen atoms in total. The molecule has 0 fully saturated rings. The quantitative estimate of drug-likeness (QED) is 0.735. The van der Waals surface area contributed by atoms with Crippen LogP contribution in [0.5, 0.6) is 5.75 Å².